The van der Waals surface area contributed by atoms with Crippen molar-refractivity contribution in [3.8, 4) is 21.9 Å². The molecular weight excluding hydrogens is 490 g/mol. The van der Waals surface area contributed by atoms with E-state index in [2.05, 4.69) is 26.2 Å². The second-order valence-corrected chi connectivity index (χ2v) is 9.58. The minimum atomic E-state index is -0.288. The van der Waals surface area contributed by atoms with E-state index in [0.29, 0.717) is 26.7 Å². The van der Waals surface area contributed by atoms with Gasteiger partial charge in [-0.3, -0.25) is 19.5 Å². The molecule has 8 nitrogen and oxygen atoms in total. The van der Waals surface area contributed by atoms with Crippen molar-refractivity contribution in [2.24, 2.45) is 0 Å². The molecule has 34 heavy (non-hydrogen) atoms. The van der Waals surface area contributed by atoms with E-state index in [-0.39, 0.29) is 29.7 Å². The molecule has 5 rings (SSSR count). The minimum absolute atomic E-state index is 0.0470. The minimum Gasteiger partial charge on any atom is -0.464 e. The summed E-state index contributed by atoms with van der Waals surface area (Å²) in [6.07, 6.45) is 3.19. The normalized spacial score (nSPS) is 11.1. The highest BCUT2D eigenvalue weighted by Crippen LogP contribution is 2.32. The van der Waals surface area contributed by atoms with Gasteiger partial charge >= 0.3 is 0 Å². The molecule has 0 saturated carbocycles. The van der Waals surface area contributed by atoms with Crippen LogP contribution >= 0.6 is 34.6 Å². The number of hydrogen-bond acceptors (Lipinski definition) is 9. The molecular formula is C23H17N5O3S3. The molecule has 0 fully saturated rings. The van der Waals surface area contributed by atoms with Crippen LogP contribution in [0.25, 0.3) is 32.1 Å². The lowest BCUT2D eigenvalue weighted by Crippen LogP contribution is -2.23. The number of nitrogens with zero attached hydrogens (tertiary/aromatic N) is 4. The summed E-state index contributed by atoms with van der Waals surface area (Å²) in [7, 11) is 0. The lowest BCUT2D eigenvalue weighted by atomic mass is 10.2. The average molecular weight is 508 g/mol. The molecule has 1 aromatic carbocycles. The van der Waals surface area contributed by atoms with Crippen LogP contribution in [0.3, 0.4) is 0 Å². The summed E-state index contributed by atoms with van der Waals surface area (Å²) in [4.78, 5) is 35.5. The van der Waals surface area contributed by atoms with Crippen molar-refractivity contribution in [2.75, 3.05) is 11.1 Å². The molecule has 11 heteroatoms. The van der Waals surface area contributed by atoms with Gasteiger partial charge < -0.3 is 4.42 Å². The number of carbonyl (C=O) groups excluding carboxylic acids is 1. The number of allylic oxidation sites excluding steroid dienone is 1. The quantitative estimate of drug-likeness (QED) is 0.176. The molecule has 0 unspecified atom stereocenters. The Balaban J connectivity index is 1.35. The van der Waals surface area contributed by atoms with Gasteiger partial charge in [0.15, 0.2) is 5.16 Å². The van der Waals surface area contributed by atoms with Gasteiger partial charge in [0.2, 0.25) is 11.9 Å². The highest BCUT2D eigenvalue weighted by atomic mass is 32.2. The highest BCUT2D eigenvalue weighted by molar-refractivity contribution is 7.99. The Labute approximate surface area is 206 Å². The van der Waals surface area contributed by atoms with Crippen LogP contribution in [0.5, 0.6) is 0 Å². The van der Waals surface area contributed by atoms with Crippen LogP contribution in [0, 0.1) is 0 Å². The van der Waals surface area contributed by atoms with Crippen molar-refractivity contribution >= 4 is 56.7 Å². The molecule has 0 spiro atoms. The van der Waals surface area contributed by atoms with Crippen LogP contribution in [-0.4, -0.2) is 30.6 Å². The molecule has 170 valence electrons. The highest BCUT2D eigenvalue weighted by Gasteiger charge is 2.19. The van der Waals surface area contributed by atoms with Crippen LogP contribution in [0.1, 0.15) is 0 Å². The first kappa shape index (κ1) is 22.3. The first-order valence-electron chi connectivity index (χ1n) is 10.1. The SMILES string of the molecule is C=CCn1c(SCC(=O)Nc2nsc(-c3ccccc3)n2)nc2scc(-c3ccco3)c2c1=O. The van der Waals surface area contributed by atoms with E-state index in [4.69, 9.17) is 4.42 Å². The topological polar surface area (TPSA) is 103 Å². The number of amides is 1. The Morgan fingerprint density at radius 3 is 2.82 bits per heavy atom. The molecule has 5 aromatic rings. The first-order chi connectivity index (χ1) is 16.6. The van der Waals surface area contributed by atoms with Crippen molar-refractivity contribution in [3.63, 3.8) is 0 Å². The van der Waals surface area contributed by atoms with E-state index >= 15 is 0 Å². The van der Waals surface area contributed by atoms with Crippen molar-refractivity contribution in [1.29, 1.82) is 0 Å². The van der Waals surface area contributed by atoms with Gasteiger partial charge in [-0.1, -0.05) is 48.2 Å². The second kappa shape index (κ2) is 9.75. The van der Waals surface area contributed by atoms with Crippen LogP contribution in [0.15, 0.2) is 81.1 Å². The first-order valence-corrected chi connectivity index (χ1v) is 12.8. The Morgan fingerprint density at radius 2 is 2.06 bits per heavy atom. The standard InChI is InChI=1S/C23H17N5O3S3/c1-2-10-28-21(30)18-15(16-9-6-11-31-16)12-32-20(18)26-23(28)33-13-17(29)24-22-25-19(34-27-22)14-7-4-3-5-8-14/h2-9,11-12H,1,10,13H2,(H,24,27,29). The summed E-state index contributed by atoms with van der Waals surface area (Å²) in [6.45, 7) is 4.02. The van der Waals surface area contributed by atoms with Gasteiger partial charge in [0.1, 0.15) is 15.6 Å². The van der Waals surface area contributed by atoms with Gasteiger partial charge in [-0.25, -0.2) is 4.98 Å². The van der Waals surface area contributed by atoms with E-state index in [0.717, 1.165) is 10.6 Å². The van der Waals surface area contributed by atoms with Crippen LogP contribution in [-0.2, 0) is 11.3 Å². The monoisotopic (exact) mass is 507 g/mol. The third kappa shape index (κ3) is 4.45. The fourth-order valence-corrected chi connectivity index (χ4v) is 5.69. The van der Waals surface area contributed by atoms with Gasteiger partial charge in [-0.15, -0.1) is 17.9 Å². The lowest BCUT2D eigenvalue weighted by molar-refractivity contribution is -0.113. The van der Waals surface area contributed by atoms with Gasteiger partial charge in [0.25, 0.3) is 5.56 Å². The third-order valence-corrected chi connectivity index (χ3v) is 7.40. The molecule has 0 aliphatic carbocycles. The number of thiophene rings is 1. The Bertz CT molecular complexity index is 1520. The number of hydrogen-bond donors (Lipinski definition) is 1. The number of benzene rings is 1. The van der Waals surface area contributed by atoms with Crippen molar-refractivity contribution < 1.29 is 9.21 Å². The number of carbonyl (C=O) groups is 1. The van der Waals surface area contributed by atoms with Gasteiger partial charge in [-0.05, 0) is 23.7 Å². The summed E-state index contributed by atoms with van der Waals surface area (Å²) in [5.74, 6) is 0.624. The summed E-state index contributed by atoms with van der Waals surface area (Å²) in [5.41, 5.74) is 1.44. The molecule has 4 aromatic heterocycles. The smallest absolute Gasteiger partial charge is 0.263 e. The van der Waals surface area contributed by atoms with Crippen LogP contribution < -0.4 is 10.9 Å². The maximum absolute atomic E-state index is 13.3. The van der Waals surface area contributed by atoms with Crippen molar-refractivity contribution in [2.45, 2.75) is 11.7 Å². The molecule has 1 amide bonds. The molecule has 4 heterocycles. The average Bonchev–Trinajstić information content (AvgIpc) is 3.61. The molecule has 0 radical (unpaired) electrons. The van der Waals surface area contributed by atoms with Gasteiger partial charge in [-0.2, -0.15) is 9.36 Å². The predicted molar refractivity (Wildman–Crippen MR) is 136 cm³/mol. The maximum atomic E-state index is 13.3. The zero-order chi connectivity index (χ0) is 23.5. The van der Waals surface area contributed by atoms with Gasteiger partial charge in [0.05, 0.1) is 17.4 Å². The molecule has 0 aliphatic heterocycles. The van der Waals surface area contributed by atoms with E-state index in [9.17, 15) is 9.59 Å². The fourth-order valence-electron chi connectivity index (χ4n) is 3.28. The zero-order valence-corrected chi connectivity index (χ0v) is 20.1. The number of furan rings is 1. The molecule has 0 saturated heterocycles. The Morgan fingerprint density at radius 1 is 1.21 bits per heavy atom. The summed E-state index contributed by atoms with van der Waals surface area (Å²) < 4.78 is 11.2. The molecule has 0 bridgehead atoms. The summed E-state index contributed by atoms with van der Waals surface area (Å²) >= 11 is 3.75. The van der Waals surface area contributed by atoms with E-state index < -0.39 is 0 Å². The van der Waals surface area contributed by atoms with Gasteiger partial charge in [0, 0.05) is 23.1 Å². The number of anilines is 1. The van der Waals surface area contributed by atoms with Crippen LogP contribution in [0.4, 0.5) is 5.95 Å². The largest absolute Gasteiger partial charge is 0.464 e. The molecule has 0 aliphatic rings. The maximum Gasteiger partial charge on any atom is 0.263 e. The van der Waals surface area contributed by atoms with E-state index in [1.54, 1.807) is 18.4 Å². The Hall–Kier alpha value is -3.54. The molecule has 1 N–H and O–H groups in total. The predicted octanol–water partition coefficient (Wildman–Crippen LogP) is 5.15. The number of aromatic nitrogens is 4. The number of fused-ring (bicyclic) bond motifs is 1. The number of thioether (sulfide) groups is 1. The van der Waals surface area contributed by atoms with Crippen molar-refractivity contribution in [1.82, 2.24) is 18.9 Å². The van der Waals surface area contributed by atoms with E-state index in [1.807, 2.05) is 41.8 Å². The van der Waals surface area contributed by atoms with Crippen molar-refractivity contribution in [3.05, 3.63) is 77.1 Å². The summed E-state index contributed by atoms with van der Waals surface area (Å²) in [6, 6.07) is 13.2. The summed E-state index contributed by atoms with van der Waals surface area (Å²) in [5, 5.41) is 6.23. The Kier molecular flexibility index (Phi) is 6.39. The van der Waals surface area contributed by atoms with E-state index in [1.165, 1.54) is 39.2 Å². The third-order valence-electron chi connectivity index (χ3n) is 4.79. The zero-order valence-electron chi connectivity index (χ0n) is 17.6. The number of rotatable bonds is 8. The second-order valence-electron chi connectivity index (χ2n) is 7.03. The lowest BCUT2D eigenvalue weighted by Gasteiger charge is -2.10. The number of nitrogens with one attached hydrogen (secondary N) is 1. The fraction of sp³-hybridized carbons (Fsp3) is 0.0870. The molecule has 0 atom stereocenters. The van der Waals surface area contributed by atoms with Crippen LogP contribution in [0.2, 0.25) is 0 Å².